The molecule has 0 aliphatic carbocycles. The maximum atomic E-state index is 13.7. The number of thioether (sulfide) groups is 1. The minimum atomic E-state index is -0.616. The largest absolute Gasteiger partial charge is 0.339 e. The highest BCUT2D eigenvalue weighted by Crippen LogP contribution is 2.26. The number of carbonyl (C=O) groups is 1. The minimum absolute atomic E-state index is 0.0159. The molecule has 0 spiro atoms. The molecule has 126 valence electrons. The molecule has 2 aromatic rings. The maximum Gasteiger partial charge on any atom is 0.233 e. The highest BCUT2D eigenvalue weighted by atomic mass is 32.2. The molecule has 1 unspecified atom stereocenters. The van der Waals surface area contributed by atoms with E-state index < -0.39 is 11.6 Å². The molecule has 1 atom stereocenters. The van der Waals surface area contributed by atoms with Crippen LogP contribution in [0.4, 0.5) is 8.78 Å². The Bertz CT molecular complexity index is 708. The fraction of sp³-hybridized carbons (Fsp3) is 0.316. The summed E-state index contributed by atoms with van der Waals surface area (Å²) in [6, 6.07) is 13.8. The molecular formula is C19H19F2NOS. The fourth-order valence-corrected chi connectivity index (χ4v) is 3.88. The Labute approximate surface area is 144 Å². The van der Waals surface area contributed by atoms with E-state index in [1.165, 1.54) is 17.7 Å². The first-order chi connectivity index (χ1) is 11.6. The third kappa shape index (κ3) is 4.15. The SMILES string of the molecule is O=C(CSc1ccc(F)cc1F)N1CCCC1Cc1ccccc1. The van der Waals surface area contributed by atoms with Crippen molar-refractivity contribution in [3.63, 3.8) is 0 Å². The molecule has 1 amide bonds. The molecule has 1 fully saturated rings. The Hall–Kier alpha value is -1.88. The molecule has 0 saturated carbocycles. The zero-order chi connectivity index (χ0) is 16.9. The summed E-state index contributed by atoms with van der Waals surface area (Å²) in [4.78, 5) is 14.7. The fourth-order valence-electron chi connectivity index (χ4n) is 3.08. The van der Waals surface area contributed by atoms with Gasteiger partial charge in [-0.05, 0) is 37.0 Å². The van der Waals surface area contributed by atoms with Crippen LogP contribution < -0.4 is 0 Å². The molecule has 5 heteroatoms. The molecule has 0 N–H and O–H groups in total. The zero-order valence-corrected chi connectivity index (χ0v) is 14.1. The molecule has 1 heterocycles. The van der Waals surface area contributed by atoms with Crippen LogP contribution in [0.2, 0.25) is 0 Å². The molecule has 1 aliphatic heterocycles. The van der Waals surface area contributed by atoms with Gasteiger partial charge in [-0.3, -0.25) is 4.79 Å². The number of likely N-dealkylation sites (tertiary alicyclic amines) is 1. The summed E-state index contributed by atoms with van der Waals surface area (Å²) in [5, 5.41) is 0. The normalized spacial score (nSPS) is 17.2. The number of carbonyl (C=O) groups excluding carboxylic acids is 1. The Kier molecular flexibility index (Phi) is 5.51. The van der Waals surface area contributed by atoms with Crippen molar-refractivity contribution in [2.75, 3.05) is 12.3 Å². The van der Waals surface area contributed by atoms with E-state index in [1.807, 2.05) is 23.1 Å². The second-order valence-corrected chi connectivity index (χ2v) is 6.95. The highest BCUT2D eigenvalue weighted by Gasteiger charge is 2.28. The summed E-state index contributed by atoms with van der Waals surface area (Å²) in [6.07, 6.45) is 2.84. The first-order valence-corrected chi connectivity index (χ1v) is 9.03. The number of benzene rings is 2. The van der Waals surface area contributed by atoms with Crippen LogP contribution in [0.5, 0.6) is 0 Å². The van der Waals surface area contributed by atoms with Gasteiger partial charge in [0.25, 0.3) is 0 Å². The van der Waals surface area contributed by atoms with Gasteiger partial charge in [0.15, 0.2) is 0 Å². The molecule has 2 aromatic carbocycles. The summed E-state index contributed by atoms with van der Waals surface area (Å²) in [5.74, 6) is -1.03. The number of hydrogen-bond donors (Lipinski definition) is 0. The van der Waals surface area contributed by atoms with Crippen molar-refractivity contribution in [2.45, 2.75) is 30.2 Å². The standard InChI is InChI=1S/C19H19F2NOS/c20-15-8-9-18(17(21)12-15)24-13-19(23)22-10-4-7-16(22)11-14-5-2-1-3-6-14/h1-3,5-6,8-9,12,16H,4,7,10-11,13H2. The number of rotatable bonds is 5. The predicted molar refractivity (Wildman–Crippen MR) is 92.0 cm³/mol. The Morgan fingerprint density at radius 2 is 1.96 bits per heavy atom. The average Bonchev–Trinajstić information content (AvgIpc) is 3.03. The maximum absolute atomic E-state index is 13.7. The van der Waals surface area contributed by atoms with Gasteiger partial charge in [-0.25, -0.2) is 8.78 Å². The van der Waals surface area contributed by atoms with E-state index in [4.69, 9.17) is 0 Å². The summed E-state index contributed by atoms with van der Waals surface area (Å²) < 4.78 is 26.6. The topological polar surface area (TPSA) is 20.3 Å². The zero-order valence-electron chi connectivity index (χ0n) is 13.3. The van der Waals surface area contributed by atoms with E-state index in [9.17, 15) is 13.6 Å². The van der Waals surface area contributed by atoms with Crippen molar-refractivity contribution in [3.05, 3.63) is 65.7 Å². The first-order valence-electron chi connectivity index (χ1n) is 8.05. The van der Waals surface area contributed by atoms with Crippen molar-refractivity contribution in [3.8, 4) is 0 Å². The lowest BCUT2D eigenvalue weighted by molar-refractivity contribution is -0.129. The van der Waals surface area contributed by atoms with E-state index >= 15 is 0 Å². The van der Waals surface area contributed by atoms with Crippen molar-refractivity contribution in [1.82, 2.24) is 4.90 Å². The van der Waals surface area contributed by atoms with Crippen LogP contribution in [-0.2, 0) is 11.2 Å². The predicted octanol–water partition coefficient (Wildman–Crippen LogP) is 4.29. The Morgan fingerprint density at radius 3 is 2.71 bits per heavy atom. The van der Waals surface area contributed by atoms with E-state index in [-0.39, 0.29) is 17.7 Å². The molecule has 0 aromatic heterocycles. The quantitative estimate of drug-likeness (QED) is 0.752. The average molecular weight is 347 g/mol. The van der Waals surface area contributed by atoms with E-state index in [2.05, 4.69) is 12.1 Å². The van der Waals surface area contributed by atoms with Gasteiger partial charge in [0.05, 0.1) is 5.75 Å². The number of amides is 1. The van der Waals surface area contributed by atoms with Gasteiger partial charge in [-0.2, -0.15) is 0 Å². The lowest BCUT2D eigenvalue weighted by Crippen LogP contribution is -2.37. The van der Waals surface area contributed by atoms with Gasteiger partial charge in [0.1, 0.15) is 11.6 Å². The van der Waals surface area contributed by atoms with Crippen LogP contribution in [-0.4, -0.2) is 29.1 Å². The van der Waals surface area contributed by atoms with Crippen LogP contribution in [0, 0.1) is 11.6 Å². The van der Waals surface area contributed by atoms with Crippen LogP contribution in [0.25, 0.3) is 0 Å². The molecule has 24 heavy (non-hydrogen) atoms. The molecule has 1 aliphatic rings. The second-order valence-electron chi connectivity index (χ2n) is 5.94. The van der Waals surface area contributed by atoms with Crippen molar-refractivity contribution in [2.24, 2.45) is 0 Å². The van der Waals surface area contributed by atoms with Crippen molar-refractivity contribution in [1.29, 1.82) is 0 Å². The minimum Gasteiger partial charge on any atom is -0.339 e. The van der Waals surface area contributed by atoms with Gasteiger partial charge >= 0.3 is 0 Å². The second kappa shape index (κ2) is 7.79. The van der Waals surface area contributed by atoms with Gasteiger partial charge in [0.2, 0.25) is 5.91 Å². The van der Waals surface area contributed by atoms with Crippen molar-refractivity contribution >= 4 is 17.7 Å². The number of hydrogen-bond acceptors (Lipinski definition) is 2. The summed E-state index contributed by atoms with van der Waals surface area (Å²) in [7, 11) is 0. The van der Waals surface area contributed by atoms with E-state index in [0.717, 1.165) is 43.6 Å². The lowest BCUT2D eigenvalue weighted by atomic mass is 10.0. The Balaban J connectivity index is 1.59. The summed E-state index contributed by atoms with van der Waals surface area (Å²) >= 11 is 1.13. The molecular weight excluding hydrogens is 328 g/mol. The molecule has 0 radical (unpaired) electrons. The van der Waals surface area contributed by atoms with Gasteiger partial charge in [-0.1, -0.05) is 30.3 Å². The van der Waals surface area contributed by atoms with E-state index in [1.54, 1.807) is 0 Å². The molecule has 1 saturated heterocycles. The first kappa shape index (κ1) is 17.0. The molecule has 3 rings (SSSR count). The van der Waals surface area contributed by atoms with Crippen LogP contribution in [0.15, 0.2) is 53.4 Å². The van der Waals surface area contributed by atoms with Crippen LogP contribution in [0.3, 0.4) is 0 Å². The monoisotopic (exact) mass is 347 g/mol. The molecule has 2 nitrogen and oxygen atoms in total. The third-order valence-electron chi connectivity index (χ3n) is 4.26. The lowest BCUT2D eigenvalue weighted by Gasteiger charge is -2.25. The number of nitrogens with zero attached hydrogens (tertiary/aromatic N) is 1. The summed E-state index contributed by atoms with van der Waals surface area (Å²) in [6.45, 7) is 0.753. The van der Waals surface area contributed by atoms with Gasteiger partial charge < -0.3 is 4.90 Å². The molecule has 0 bridgehead atoms. The van der Waals surface area contributed by atoms with Crippen LogP contribution >= 0.6 is 11.8 Å². The van der Waals surface area contributed by atoms with E-state index in [0.29, 0.717) is 4.90 Å². The smallest absolute Gasteiger partial charge is 0.233 e. The van der Waals surface area contributed by atoms with Gasteiger partial charge in [0, 0.05) is 23.5 Å². The van der Waals surface area contributed by atoms with Gasteiger partial charge in [-0.15, -0.1) is 11.8 Å². The number of halogens is 2. The third-order valence-corrected chi connectivity index (χ3v) is 5.29. The highest BCUT2D eigenvalue weighted by molar-refractivity contribution is 8.00. The van der Waals surface area contributed by atoms with Crippen molar-refractivity contribution < 1.29 is 13.6 Å². The Morgan fingerprint density at radius 1 is 1.17 bits per heavy atom. The summed E-state index contributed by atoms with van der Waals surface area (Å²) in [5.41, 5.74) is 1.22. The van der Waals surface area contributed by atoms with Crippen LogP contribution in [0.1, 0.15) is 18.4 Å².